The van der Waals surface area contributed by atoms with Crippen molar-refractivity contribution in [3.05, 3.63) is 35.9 Å². The van der Waals surface area contributed by atoms with Gasteiger partial charge in [0.15, 0.2) is 15.8 Å². The van der Waals surface area contributed by atoms with E-state index in [-0.39, 0.29) is 35.5 Å². The van der Waals surface area contributed by atoms with Crippen LogP contribution in [0.1, 0.15) is 31.2 Å². The van der Waals surface area contributed by atoms with Gasteiger partial charge in [0.05, 0.1) is 11.5 Å². The quantitative estimate of drug-likeness (QED) is 0.391. The Morgan fingerprint density at radius 3 is 2.35 bits per heavy atom. The summed E-state index contributed by atoms with van der Waals surface area (Å²) in [5, 5.41) is 3.26. The summed E-state index contributed by atoms with van der Waals surface area (Å²) in [4.78, 5) is 6.68. The van der Waals surface area contributed by atoms with E-state index in [0.717, 1.165) is 36.4 Å². The topological polar surface area (TPSA) is 61.8 Å². The molecule has 1 aromatic carbocycles. The van der Waals surface area contributed by atoms with Gasteiger partial charge in [-0.25, -0.2) is 8.42 Å². The Labute approximate surface area is 174 Å². The third kappa shape index (κ3) is 5.84. The normalized spacial score (nSPS) is 23.3. The zero-order valence-electron chi connectivity index (χ0n) is 15.4. The molecule has 0 amide bonds. The number of guanidine groups is 1. The van der Waals surface area contributed by atoms with Gasteiger partial charge in [-0.05, 0) is 30.2 Å². The van der Waals surface area contributed by atoms with E-state index in [4.69, 9.17) is 0 Å². The van der Waals surface area contributed by atoms with Crippen molar-refractivity contribution in [2.75, 3.05) is 32.4 Å². The molecular weight excluding hydrogens is 461 g/mol. The third-order valence-corrected chi connectivity index (χ3v) is 7.01. The standard InChI is InChI=1S/C19H29N3O2S.HI/c1-20-19(22-13-17-9-5-6-10-18(17)14-22)21-11-12-25(23,24)15-16-7-3-2-4-8-16;/h2-4,7-8,17-18H,5-6,9-15H2,1H3,(H,20,21);1H. The van der Waals surface area contributed by atoms with E-state index < -0.39 is 9.84 Å². The maximum Gasteiger partial charge on any atom is 0.193 e. The van der Waals surface area contributed by atoms with Crippen molar-refractivity contribution in [3.63, 3.8) is 0 Å². The highest BCUT2D eigenvalue weighted by Crippen LogP contribution is 2.35. The van der Waals surface area contributed by atoms with Gasteiger partial charge in [0, 0.05) is 26.7 Å². The zero-order chi connectivity index (χ0) is 17.7. The van der Waals surface area contributed by atoms with Crippen LogP contribution in [-0.4, -0.2) is 51.7 Å². The van der Waals surface area contributed by atoms with Crippen LogP contribution < -0.4 is 5.32 Å². The van der Waals surface area contributed by atoms with Crippen LogP contribution in [0.5, 0.6) is 0 Å². The maximum atomic E-state index is 12.3. The van der Waals surface area contributed by atoms with Gasteiger partial charge < -0.3 is 10.2 Å². The largest absolute Gasteiger partial charge is 0.355 e. The van der Waals surface area contributed by atoms with Crippen molar-refractivity contribution in [1.29, 1.82) is 0 Å². The Morgan fingerprint density at radius 2 is 1.77 bits per heavy atom. The number of halogens is 1. The monoisotopic (exact) mass is 491 g/mol. The summed E-state index contributed by atoms with van der Waals surface area (Å²) >= 11 is 0. The molecule has 0 bridgehead atoms. The highest BCUT2D eigenvalue weighted by atomic mass is 127. The lowest BCUT2D eigenvalue weighted by atomic mass is 9.82. The number of hydrogen-bond acceptors (Lipinski definition) is 3. The van der Waals surface area contributed by atoms with Gasteiger partial charge in [-0.15, -0.1) is 24.0 Å². The second-order valence-corrected chi connectivity index (χ2v) is 9.45. The molecule has 1 aliphatic heterocycles. The molecule has 0 radical (unpaired) electrons. The highest BCUT2D eigenvalue weighted by molar-refractivity contribution is 14.0. The smallest absolute Gasteiger partial charge is 0.193 e. The minimum Gasteiger partial charge on any atom is -0.355 e. The molecule has 26 heavy (non-hydrogen) atoms. The molecule has 3 rings (SSSR count). The van der Waals surface area contributed by atoms with Crippen LogP contribution in [0.25, 0.3) is 0 Å². The number of sulfone groups is 1. The zero-order valence-corrected chi connectivity index (χ0v) is 18.6. The maximum absolute atomic E-state index is 12.3. The van der Waals surface area contributed by atoms with E-state index in [1.54, 1.807) is 7.05 Å². The number of hydrogen-bond donors (Lipinski definition) is 1. The average Bonchev–Trinajstić information content (AvgIpc) is 3.03. The summed E-state index contributed by atoms with van der Waals surface area (Å²) in [5.41, 5.74) is 0.843. The van der Waals surface area contributed by atoms with Gasteiger partial charge in [0.25, 0.3) is 0 Å². The van der Waals surface area contributed by atoms with Gasteiger partial charge in [0.2, 0.25) is 0 Å². The number of nitrogens with zero attached hydrogens (tertiary/aromatic N) is 2. The van der Waals surface area contributed by atoms with Crippen molar-refractivity contribution < 1.29 is 8.42 Å². The SMILES string of the molecule is CN=C(NCCS(=O)(=O)Cc1ccccc1)N1CC2CCCCC2C1.I. The highest BCUT2D eigenvalue weighted by Gasteiger charge is 2.35. The Kier molecular flexibility index (Phi) is 8.19. The van der Waals surface area contributed by atoms with Crippen LogP contribution in [0.2, 0.25) is 0 Å². The predicted octanol–water partition coefficient (Wildman–Crippen LogP) is 2.92. The molecule has 2 atom stereocenters. The van der Waals surface area contributed by atoms with E-state index in [1.807, 2.05) is 30.3 Å². The van der Waals surface area contributed by atoms with Crippen LogP contribution in [0, 0.1) is 11.8 Å². The van der Waals surface area contributed by atoms with Crippen molar-refractivity contribution in [3.8, 4) is 0 Å². The minimum atomic E-state index is -3.12. The van der Waals surface area contributed by atoms with Crippen LogP contribution in [0.3, 0.4) is 0 Å². The first-order valence-corrected chi connectivity index (χ1v) is 11.1. The second-order valence-electron chi connectivity index (χ2n) is 7.26. The Balaban J connectivity index is 0.00000243. The number of rotatable bonds is 5. The molecule has 1 aliphatic carbocycles. The number of fused-ring (bicyclic) bond motifs is 1. The van der Waals surface area contributed by atoms with Gasteiger partial charge in [-0.3, -0.25) is 4.99 Å². The molecule has 2 unspecified atom stereocenters. The van der Waals surface area contributed by atoms with E-state index in [1.165, 1.54) is 25.7 Å². The average molecular weight is 491 g/mol. The fourth-order valence-corrected chi connectivity index (χ4v) is 5.39. The molecule has 0 spiro atoms. The molecule has 146 valence electrons. The molecule has 0 aromatic heterocycles. The Morgan fingerprint density at radius 1 is 1.15 bits per heavy atom. The van der Waals surface area contributed by atoms with Crippen LogP contribution in [-0.2, 0) is 15.6 Å². The van der Waals surface area contributed by atoms with E-state index in [2.05, 4.69) is 15.2 Å². The summed E-state index contributed by atoms with van der Waals surface area (Å²) in [6.07, 6.45) is 5.34. The lowest BCUT2D eigenvalue weighted by Crippen LogP contribution is -2.42. The minimum absolute atomic E-state index is 0. The molecule has 1 heterocycles. The van der Waals surface area contributed by atoms with Crippen molar-refractivity contribution >= 4 is 39.8 Å². The summed E-state index contributed by atoms with van der Waals surface area (Å²) in [6.45, 7) is 2.52. The number of aliphatic imine (C=N–C) groups is 1. The predicted molar refractivity (Wildman–Crippen MR) is 118 cm³/mol. The molecule has 1 aromatic rings. The van der Waals surface area contributed by atoms with E-state index in [0.29, 0.717) is 6.54 Å². The van der Waals surface area contributed by atoms with Crippen LogP contribution in [0.15, 0.2) is 35.3 Å². The van der Waals surface area contributed by atoms with Gasteiger partial charge in [-0.1, -0.05) is 43.2 Å². The number of nitrogens with one attached hydrogen (secondary N) is 1. The summed E-state index contributed by atoms with van der Waals surface area (Å²) < 4.78 is 24.6. The van der Waals surface area contributed by atoms with Gasteiger partial charge in [0.1, 0.15) is 0 Å². The van der Waals surface area contributed by atoms with Gasteiger partial charge >= 0.3 is 0 Å². The fraction of sp³-hybridized carbons (Fsp3) is 0.632. The summed E-state index contributed by atoms with van der Waals surface area (Å²) in [5.74, 6) is 2.65. The summed E-state index contributed by atoms with van der Waals surface area (Å²) in [7, 11) is -1.34. The third-order valence-electron chi connectivity index (χ3n) is 5.41. The molecule has 7 heteroatoms. The van der Waals surface area contributed by atoms with Crippen molar-refractivity contribution in [2.24, 2.45) is 16.8 Å². The second kappa shape index (κ2) is 9.92. The molecule has 2 fully saturated rings. The first-order valence-electron chi connectivity index (χ1n) is 9.27. The Hall–Kier alpha value is -0.830. The fourth-order valence-electron chi connectivity index (χ4n) is 4.13. The lowest BCUT2D eigenvalue weighted by molar-refractivity contribution is 0.299. The van der Waals surface area contributed by atoms with Crippen LogP contribution >= 0.6 is 24.0 Å². The molecule has 1 N–H and O–H groups in total. The summed E-state index contributed by atoms with van der Waals surface area (Å²) in [6, 6.07) is 9.36. The molecule has 1 saturated heterocycles. The van der Waals surface area contributed by atoms with Crippen molar-refractivity contribution in [2.45, 2.75) is 31.4 Å². The lowest BCUT2D eigenvalue weighted by Gasteiger charge is -2.22. The van der Waals surface area contributed by atoms with Gasteiger partial charge in [-0.2, -0.15) is 0 Å². The number of benzene rings is 1. The van der Waals surface area contributed by atoms with E-state index in [9.17, 15) is 8.42 Å². The Bertz CT molecular complexity index is 680. The van der Waals surface area contributed by atoms with Crippen molar-refractivity contribution in [1.82, 2.24) is 10.2 Å². The molecule has 1 saturated carbocycles. The number of likely N-dealkylation sites (tertiary alicyclic amines) is 1. The first kappa shape index (κ1) is 21.5. The molecule has 2 aliphatic rings. The molecular formula is C19H30IN3O2S. The molecule has 5 nitrogen and oxygen atoms in total. The van der Waals surface area contributed by atoms with E-state index >= 15 is 0 Å². The first-order chi connectivity index (χ1) is 12.1. The van der Waals surface area contributed by atoms with Crippen LogP contribution in [0.4, 0.5) is 0 Å².